The molecule has 2 rings (SSSR count). The van der Waals surface area contributed by atoms with Crippen LogP contribution in [0.4, 0.5) is 8.78 Å². The second-order valence-electron chi connectivity index (χ2n) is 5.22. The van der Waals surface area contributed by atoms with Crippen LogP contribution in [0.25, 0.3) is 11.0 Å². The van der Waals surface area contributed by atoms with Crippen molar-refractivity contribution in [2.45, 2.75) is 32.9 Å². The summed E-state index contributed by atoms with van der Waals surface area (Å²) in [6.45, 7) is 6.62. The van der Waals surface area contributed by atoms with E-state index >= 15 is 0 Å². The van der Waals surface area contributed by atoms with Crippen molar-refractivity contribution in [3.63, 3.8) is 0 Å². The van der Waals surface area contributed by atoms with E-state index in [1.807, 2.05) is 20.8 Å². The lowest BCUT2D eigenvalue weighted by Crippen LogP contribution is -2.34. The highest BCUT2D eigenvalue weighted by Gasteiger charge is 2.18. The average molecular weight is 318 g/mol. The Labute approximate surface area is 112 Å². The molecule has 0 unspecified atom stereocenters. The minimum atomic E-state index is -0.949. The summed E-state index contributed by atoms with van der Waals surface area (Å²) in [5.74, 6) is -1.87. The summed E-state index contributed by atoms with van der Waals surface area (Å²) >= 11 is 3.24. The van der Waals surface area contributed by atoms with Crippen molar-refractivity contribution in [2.75, 3.05) is 0 Å². The van der Waals surface area contributed by atoms with Gasteiger partial charge in [0.25, 0.3) is 0 Å². The third-order valence-corrected chi connectivity index (χ3v) is 3.20. The van der Waals surface area contributed by atoms with E-state index in [2.05, 4.69) is 21.2 Å². The molecule has 0 aliphatic carbocycles. The van der Waals surface area contributed by atoms with E-state index in [1.165, 1.54) is 6.26 Å². The Bertz CT molecular complexity index is 587. The third kappa shape index (κ3) is 2.57. The predicted octanol–water partition coefficient (Wildman–Crippen LogP) is 4.36. The fourth-order valence-electron chi connectivity index (χ4n) is 1.66. The molecule has 0 radical (unpaired) electrons. The van der Waals surface area contributed by atoms with Crippen molar-refractivity contribution < 1.29 is 13.2 Å². The summed E-state index contributed by atoms with van der Waals surface area (Å²) in [4.78, 5) is 0. The van der Waals surface area contributed by atoms with Gasteiger partial charge in [-0.2, -0.15) is 4.39 Å². The molecule has 0 aliphatic rings. The zero-order chi connectivity index (χ0) is 13.5. The molecular weight excluding hydrogens is 304 g/mol. The van der Waals surface area contributed by atoms with Crippen molar-refractivity contribution in [2.24, 2.45) is 0 Å². The smallest absolute Gasteiger partial charge is 0.201 e. The molecule has 1 heterocycles. The molecule has 98 valence electrons. The maximum Gasteiger partial charge on any atom is 0.201 e. The average Bonchev–Trinajstić information content (AvgIpc) is 2.66. The highest BCUT2D eigenvalue weighted by molar-refractivity contribution is 9.10. The normalized spacial score (nSPS) is 12.3. The van der Waals surface area contributed by atoms with Crippen LogP contribution in [-0.2, 0) is 6.54 Å². The number of halogens is 3. The van der Waals surface area contributed by atoms with Gasteiger partial charge in [0.05, 0.1) is 6.26 Å². The first kappa shape index (κ1) is 13.5. The molecule has 0 aliphatic heterocycles. The Morgan fingerprint density at radius 1 is 1.33 bits per heavy atom. The number of fused-ring (bicyclic) bond motifs is 1. The van der Waals surface area contributed by atoms with Gasteiger partial charge in [-0.25, -0.2) is 4.39 Å². The highest BCUT2D eigenvalue weighted by Crippen LogP contribution is 2.32. The molecule has 0 amide bonds. The fraction of sp³-hybridized carbons (Fsp3) is 0.385. The van der Waals surface area contributed by atoms with Crippen LogP contribution in [0, 0.1) is 11.6 Å². The minimum absolute atomic E-state index is 0.0485. The predicted molar refractivity (Wildman–Crippen MR) is 70.4 cm³/mol. The van der Waals surface area contributed by atoms with Gasteiger partial charge in [-0.05, 0) is 42.8 Å². The topological polar surface area (TPSA) is 25.2 Å². The number of hydrogen-bond acceptors (Lipinski definition) is 2. The number of hydrogen-bond donors (Lipinski definition) is 1. The molecule has 0 spiro atoms. The van der Waals surface area contributed by atoms with E-state index in [9.17, 15) is 8.78 Å². The molecule has 1 aromatic carbocycles. The second kappa shape index (κ2) is 4.63. The Hall–Kier alpha value is -0.940. The zero-order valence-corrected chi connectivity index (χ0v) is 12.0. The third-order valence-electron chi connectivity index (χ3n) is 2.58. The van der Waals surface area contributed by atoms with E-state index in [-0.39, 0.29) is 11.1 Å². The molecule has 1 N–H and O–H groups in total. The number of rotatable bonds is 2. The van der Waals surface area contributed by atoms with Gasteiger partial charge in [0.15, 0.2) is 11.4 Å². The van der Waals surface area contributed by atoms with Crippen LogP contribution in [-0.4, -0.2) is 5.54 Å². The molecule has 0 fully saturated rings. The van der Waals surface area contributed by atoms with Gasteiger partial charge in [-0.15, -0.1) is 0 Å². The summed E-state index contributed by atoms with van der Waals surface area (Å²) in [5, 5.41) is 3.86. The van der Waals surface area contributed by atoms with E-state index < -0.39 is 11.6 Å². The lowest BCUT2D eigenvalue weighted by atomic mass is 10.1. The first-order chi connectivity index (χ1) is 8.29. The fourth-order valence-corrected chi connectivity index (χ4v) is 2.30. The van der Waals surface area contributed by atoms with Gasteiger partial charge in [0.2, 0.25) is 5.82 Å². The summed E-state index contributed by atoms with van der Waals surface area (Å²) in [7, 11) is 0. The molecule has 18 heavy (non-hydrogen) atoms. The largest absolute Gasteiger partial charge is 0.461 e. The molecule has 0 bridgehead atoms. The lowest BCUT2D eigenvalue weighted by molar-refractivity contribution is 0.423. The molecule has 0 saturated carbocycles. The van der Waals surface area contributed by atoms with Gasteiger partial charge < -0.3 is 9.73 Å². The zero-order valence-electron chi connectivity index (χ0n) is 10.4. The van der Waals surface area contributed by atoms with Crippen molar-refractivity contribution in [3.8, 4) is 0 Å². The molecule has 0 saturated heterocycles. The van der Waals surface area contributed by atoms with Gasteiger partial charge in [-0.1, -0.05) is 0 Å². The van der Waals surface area contributed by atoms with Gasteiger partial charge in [-0.3, -0.25) is 0 Å². The van der Waals surface area contributed by atoms with Crippen molar-refractivity contribution in [3.05, 3.63) is 34.0 Å². The van der Waals surface area contributed by atoms with Crippen LogP contribution >= 0.6 is 15.9 Å². The monoisotopic (exact) mass is 317 g/mol. The van der Waals surface area contributed by atoms with Crippen molar-refractivity contribution >= 4 is 26.9 Å². The number of benzene rings is 1. The molecule has 0 atom stereocenters. The summed E-state index contributed by atoms with van der Waals surface area (Å²) < 4.78 is 32.4. The molecule has 2 nitrogen and oxygen atoms in total. The summed E-state index contributed by atoms with van der Waals surface area (Å²) in [6.07, 6.45) is 1.46. The van der Waals surface area contributed by atoms with Crippen LogP contribution in [0.15, 0.2) is 21.2 Å². The summed E-state index contributed by atoms with van der Waals surface area (Å²) in [6, 6.07) is 1.12. The standard InChI is InChI=1S/C13H14BrF2NO/c1-13(2,3)17-5-7-6-18-12-10(7)8(14)4-9(15)11(12)16/h4,6,17H,5H2,1-3H3. The second-order valence-corrected chi connectivity index (χ2v) is 6.08. The lowest BCUT2D eigenvalue weighted by Gasteiger charge is -2.20. The Kier molecular flexibility index (Phi) is 3.47. The van der Waals surface area contributed by atoms with Crippen LogP contribution in [0.2, 0.25) is 0 Å². The van der Waals surface area contributed by atoms with Crippen LogP contribution in [0.3, 0.4) is 0 Å². The molecule has 2 aromatic rings. The van der Waals surface area contributed by atoms with E-state index in [0.717, 1.165) is 11.6 Å². The molecule has 5 heteroatoms. The van der Waals surface area contributed by atoms with E-state index in [1.54, 1.807) is 0 Å². The molecular formula is C13H14BrF2NO. The van der Waals surface area contributed by atoms with Crippen LogP contribution < -0.4 is 5.32 Å². The van der Waals surface area contributed by atoms with Gasteiger partial charge in [0, 0.05) is 27.5 Å². The number of nitrogens with one attached hydrogen (secondary N) is 1. The highest BCUT2D eigenvalue weighted by atomic mass is 79.9. The summed E-state index contributed by atoms with van der Waals surface area (Å²) in [5.41, 5.74) is 0.688. The quantitative estimate of drug-likeness (QED) is 0.832. The van der Waals surface area contributed by atoms with Crippen molar-refractivity contribution in [1.29, 1.82) is 0 Å². The Morgan fingerprint density at radius 3 is 2.61 bits per heavy atom. The first-order valence-corrected chi connectivity index (χ1v) is 6.37. The molecule has 1 aromatic heterocycles. The van der Waals surface area contributed by atoms with E-state index in [0.29, 0.717) is 16.4 Å². The van der Waals surface area contributed by atoms with E-state index in [4.69, 9.17) is 4.42 Å². The van der Waals surface area contributed by atoms with Crippen LogP contribution in [0.5, 0.6) is 0 Å². The maximum atomic E-state index is 13.6. The first-order valence-electron chi connectivity index (χ1n) is 5.58. The van der Waals surface area contributed by atoms with Gasteiger partial charge >= 0.3 is 0 Å². The van der Waals surface area contributed by atoms with Crippen LogP contribution in [0.1, 0.15) is 26.3 Å². The SMILES string of the molecule is CC(C)(C)NCc1coc2c(F)c(F)cc(Br)c12. The maximum absolute atomic E-state index is 13.6. The Balaban J connectivity index is 2.45. The minimum Gasteiger partial charge on any atom is -0.461 e. The number of furan rings is 1. The van der Waals surface area contributed by atoms with Gasteiger partial charge in [0.1, 0.15) is 0 Å². The Morgan fingerprint density at radius 2 is 2.00 bits per heavy atom. The van der Waals surface area contributed by atoms with Crippen molar-refractivity contribution in [1.82, 2.24) is 5.32 Å².